The van der Waals surface area contributed by atoms with E-state index in [-0.39, 0.29) is 0 Å². The number of carbonyl (C=O) groups is 1. The molecule has 0 unspecified atom stereocenters. The first kappa shape index (κ1) is 13.0. The van der Waals surface area contributed by atoms with E-state index >= 15 is 0 Å². The first-order valence-corrected chi connectivity index (χ1v) is 5.91. The summed E-state index contributed by atoms with van der Waals surface area (Å²) in [5.41, 5.74) is 9.75. The highest BCUT2D eigenvalue weighted by Crippen LogP contribution is 2.24. The van der Waals surface area contributed by atoms with E-state index in [4.69, 9.17) is 5.73 Å². The van der Waals surface area contributed by atoms with Crippen molar-refractivity contribution in [2.75, 3.05) is 18.2 Å². The summed E-state index contributed by atoms with van der Waals surface area (Å²) in [6.07, 6.45) is 0. The number of nitrogens with one attached hydrogen (secondary N) is 1. The zero-order valence-electron chi connectivity index (χ0n) is 10.9. The van der Waals surface area contributed by atoms with Gasteiger partial charge in [0, 0.05) is 5.69 Å². The van der Waals surface area contributed by atoms with Crippen molar-refractivity contribution in [1.82, 2.24) is 0 Å². The van der Waals surface area contributed by atoms with Crippen molar-refractivity contribution in [1.29, 1.82) is 0 Å². The van der Waals surface area contributed by atoms with Crippen LogP contribution in [0.2, 0.25) is 0 Å². The maximum absolute atomic E-state index is 11.4. The fraction of sp³-hybridized carbons (Fsp3) is 0.133. The van der Waals surface area contributed by atoms with Gasteiger partial charge in [-0.1, -0.05) is 12.1 Å². The molecule has 0 amide bonds. The first-order chi connectivity index (χ1) is 9.10. The molecule has 0 aliphatic rings. The van der Waals surface area contributed by atoms with Crippen LogP contribution in [0.4, 0.5) is 17.1 Å². The lowest BCUT2D eigenvalue weighted by atomic mass is 10.1. The second kappa shape index (κ2) is 5.44. The Bertz CT molecular complexity index is 609. The van der Waals surface area contributed by atoms with Crippen LogP contribution in [-0.2, 0) is 4.74 Å². The van der Waals surface area contributed by atoms with Gasteiger partial charge in [0.25, 0.3) is 0 Å². The minimum Gasteiger partial charge on any atom is -0.465 e. The van der Waals surface area contributed by atoms with Gasteiger partial charge in [0.15, 0.2) is 0 Å². The predicted octanol–water partition coefficient (Wildman–Crippen LogP) is 3.11. The van der Waals surface area contributed by atoms with Crippen LogP contribution in [0.3, 0.4) is 0 Å². The van der Waals surface area contributed by atoms with Gasteiger partial charge in [-0.15, -0.1) is 0 Å². The average molecular weight is 256 g/mol. The number of esters is 1. The Morgan fingerprint density at radius 2 is 2.00 bits per heavy atom. The van der Waals surface area contributed by atoms with Gasteiger partial charge in [-0.25, -0.2) is 4.79 Å². The second-order valence-electron chi connectivity index (χ2n) is 4.29. The van der Waals surface area contributed by atoms with E-state index in [2.05, 4.69) is 10.1 Å². The molecule has 0 aliphatic heterocycles. The van der Waals surface area contributed by atoms with Crippen molar-refractivity contribution >= 4 is 23.0 Å². The predicted molar refractivity (Wildman–Crippen MR) is 76.7 cm³/mol. The molecule has 0 spiro atoms. The summed E-state index contributed by atoms with van der Waals surface area (Å²) >= 11 is 0. The highest BCUT2D eigenvalue weighted by atomic mass is 16.5. The van der Waals surface area contributed by atoms with Crippen LogP contribution in [0.1, 0.15) is 15.9 Å². The molecule has 2 rings (SSSR count). The highest BCUT2D eigenvalue weighted by molar-refractivity contribution is 5.92. The summed E-state index contributed by atoms with van der Waals surface area (Å²) < 4.78 is 4.65. The lowest BCUT2D eigenvalue weighted by molar-refractivity contribution is 0.0601. The Labute approximate surface area is 112 Å². The van der Waals surface area contributed by atoms with Gasteiger partial charge < -0.3 is 15.8 Å². The van der Waals surface area contributed by atoms with Gasteiger partial charge in [0.05, 0.1) is 24.0 Å². The van der Waals surface area contributed by atoms with E-state index in [1.54, 1.807) is 18.2 Å². The smallest absolute Gasteiger partial charge is 0.337 e. The summed E-state index contributed by atoms with van der Waals surface area (Å²) in [4.78, 5) is 11.4. The number of nitrogen functional groups attached to an aromatic ring is 1. The SMILES string of the molecule is COC(=O)c1ccc(Nc2cccc(C)c2)c(N)c1. The maximum Gasteiger partial charge on any atom is 0.337 e. The number of benzene rings is 2. The average Bonchev–Trinajstić information content (AvgIpc) is 2.40. The highest BCUT2D eigenvalue weighted by Gasteiger charge is 2.08. The monoisotopic (exact) mass is 256 g/mol. The summed E-state index contributed by atoms with van der Waals surface area (Å²) in [6, 6.07) is 13.0. The third kappa shape index (κ3) is 3.04. The zero-order chi connectivity index (χ0) is 13.8. The van der Waals surface area contributed by atoms with Crippen LogP contribution in [0.5, 0.6) is 0 Å². The minimum absolute atomic E-state index is 0.395. The molecule has 0 radical (unpaired) electrons. The molecule has 19 heavy (non-hydrogen) atoms. The lowest BCUT2D eigenvalue weighted by Crippen LogP contribution is -2.03. The minimum atomic E-state index is -0.395. The van der Waals surface area contributed by atoms with Gasteiger partial charge in [0.2, 0.25) is 0 Å². The van der Waals surface area contributed by atoms with Gasteiger partial charge in [-0.2, -0.15) is 0 Å². The van der Waals surface area contributed by atoms with Gasteiger partial charge in [-0.05, 0) is 42.8 Å². The number of aryl methyl sites for hydroxylation is 1. The Kier molecular flexibility index (Phi) is 3.71. The van der Waals surface area contributed by atoms with E-state index in [0.717, 1.165) is 16.9 Å². The van der Waals surface area contributed by atoms with E-state index in [1.165, 1.54) is 7.11 Å². The summed E-state index contributed by atoms with van der Waals surface area (Å²) in [7, 11) is 1.34. The van der Waals surface area contributed by atoms with Crippen molar-refractivity contribution in [2.45, 2.75) is 6.92 Å². The fourth-order valence-corrected chi connectivity index (χ4v) is 1.80. The van der Waals surface area contributed by atoms with Crippen LogP contribution in [0, 0.1) is 6.92 Å². The molecule has 0 aliphatic carbocycles. The third-order valence-corrected chi connectivity index (χ3v) is 2.77. The maximum atomic E-state index is 11.4. The van der Waals surface area contributed by atoms with Crippen molar-refractivity contribution < 1.29 is 9.53 Å². The molecule has 3 N–H and O–H groups in total. The van der Waals surface area contributed by atoms with Gasteiger partial charge in [0.1, 0.15) is 0 Å². The number of rotatable bonds is 3. The Hall–Kier alpha value is -2.49. The van der Waals surface area contributed by atoms with Gasteiger partial charge in [-0.3, -0.25) is 0 Å². The van der Waals surface area contributed by atoms with Crippen molar-refractivity contribution in [3.05, 3.63) is 53.6 Å². The first-order valence-electron chi connectivity index (χ1n) is 5.91. The number of hydrogen-bond donors (Lipinski definition) is 2. The number of hydrogen-bond acceptors (Lipinski definition) is 4. The molecule has 0 bridgehead atoms. The molecule has 0 atom stereocenters. The topological polar surface area (TPSA) is 64.3 Å². The fourth-order valence-electron chi connectivity index (χ4n) is 1.80. The number of ether oxygens (including phenoxy) is 1. The third-order valence-electron chi connectivity index (χ3n) is 2.77. The van der Waals surface area contributed by atoms with Crippen LogP contribution in [0.15, 0.2) is 42.5 Å². The molecule has 0 saturated heterocycles. The van der Waals surface area contributed by atoms with Crippen LogP contribution in [-0.4, -0.2) is 13.1 Å². The number of methoxy groups -OCH3 is 1. The molecule has 98 valence electrons. The summed E-state index contributed by atoms with van der Waals surface area (Å²) in [5, 5.41) is 3.22. The molecule has 0 aromatic heterocycles. The summed E-state index contributed by atoms with van der Waals surface area (Å²) in [6.45, 7) is 2.02. The molecular weight excluding hydrogens is 240 g/mol. The van der Waals surface area contributed by atoms with E-state index in [1.807, 2.05) is 31.2 Å². The molecule has 2 aromatic rings. The van der Waals surface area contributed by atoms with Crippen LogP contribution >= 0.6 is 0 Å². The molecular formula is C15H16N2O2. The number of carbonyl (C=O) groups excluding carboxylic acids is 1. The molecule has 2 aromatic carbocycles. The number of nitrogens with two attached hydrogens (primary N) is 1. The molecule has 0 saturated carbocycles. The quantitative estimate of drug-likeness (QED) is 0.654. The Morgan fingerprint density at radius 3 is 2.63 bits per heavy atom. The molecule has 4 nitrogen and oxygen atoms in total. The second-order valence-corrected chi connectivity index (χ2v) is 4.29. The van der Waals surface area contributed by atoms with E-state index < -0.39 is 5.97 Å². The van der Waals surface area contributed by atoms with Crippen molar-refractivity contribution in [2.24, 2.45) is 0 Å². The standard InChI is InChI=1S/C15H16N2O2/c1-10-4-3-5-12(8-10)17-14-7-6-11(9-13(14)16)15(18)19-2/h3-9,17H,16H2,1-2H3. The van der Waals surface area contributed by atoms with Gasteiger partial charge >= 0.3 is 5.97 Å². The zero-order valence-corrected chi connectivity index (χ0v) is 10.9. The lowest BCUT2D eigenvalue weighted by Gasteiger charge is -2.11. The largest absolute Gasteiger partial charge is 0.465 e. The Morgan fingerprint density at radius 1 is 1.21 bits per heavy atom. The Balaban J connectivity index is 2.24. The van der Waals surface area contributed by atoms with Crippen LogP contribution in [0.25, 0.3) is 0 Å². The molecule has 0 fully saturated rings. The van der Waals surface area contributed by atoms with Crippen molar-refractivity contribution in [3.8, 4) is 0 Å². The molecule has 0 heterocycles. The van der Waals surface area contributed by atoms with Crippen LogP contribution < -0.4 is 11.1 Å². The summed E-state index contributed by atoms with van der Waals surface area (Å²) in [5.74, 6) is -0.395. The number of anilines is 3. The van der Waals surface area contributed by atoms with E-state index in [0.29, 0.717) is 11.3 Å². The van der Waals surface area contributed by atoms with E-state index in [9.17, 15) is 4.79 Å². The normalized spacial score (nSPS) is 10.0. The van der Waals surface area contributed by atoms with Crippen molar-refractivity contribution in [3.63, 3.8) is 0 Å². The molecule has 4 heteroatoms.